The van der Waals surface area contributed by atoms with Crippen LogP contribution in [0.5, 0.6) is 0 Å². The van der Waals surface area contributed by atoms with Gasteiger partial charge in [0.25, 0.3) is 5.91 Å². The van der Waals surface area contributed by atoms with Gasteiger partial charge in [-0.2, -0.15) is 0 Å². The highest BCUT2D eigenvalue weighted by atomic mass is 19.1. The van der Waals surface area contributed by atoms with Gasteiger partial charge in [0.1, 0.15) is 17.5 Å². The van der Waals surface area contributed by atoms with Crippen LogP contribution in [0, 0.1) is 23.1 Å². The van der Waals surface area contributed by atoms with E-state index in [2.05, 4.69) is 32.5 Å². The summed E-state index contributed by atoms with van der Waals surface area (Å²) in [6.45, 7) is 2.31. The first-order valence-corrected chi connectivity index (χ1v) is 13.7. The predicted molar refractivity (Wildman–Crippen MR) is 150 cm³/mol. The second kappa shape index (κ2) is 10.2. The third kappa shape index (κ3) is 5.03. The molecule has 2 bridgehead atoms. The molecule has 200 valence electrons. The number of fused-ring (bicyclic) bond motifs is 3. The summed E-state index contributed by atoms with van der Waals surface area (Å²) >= 11 is 0. The van der Waals surface area contributed by atoms with Crippen LogP contribution >= 0.6 is 0 Å². The number of rotatable bonds is 5. The van der Waals surface area contributed by atoms with E-state index < -0.39 is 5.82 Å². The summed E-state index contributed by atoms with van der Waals surface area (Å²) in [5.74, 6) is 1.30. The second-order valence-electron chi connectivity index (χ2n) is 11.1. The summed E-state index contributed by atoms with van der Waals surface area (Å²) in [7, 11) is 0. The van der Waals surface area contributed by atoms with Gasteiger partial charge < -0.3 is 15.6 Å². The SMILES string of the molecule is CC1CCCC2(C(=O)Nc3ccc(-c4nc5cc(C(=O)Nc6ccccn6)ccc5[nH]4)c(F)c3)CCCC1C2. The lowest BCUT2D eigenvalue weighted by molar-refractivity contribution is -0.128. The predicted octanol–water partition coefficient (Wildman–Crippen LogP) is 6.95. The van der Waals surface area contributed by atoms with Crippen molar-refractivity contribution in [2.45, 2.75) is 51.9 Å². The van der Waals surface area contributed by atoms with Crippen molar-refractivity contribution in [3.8, 4) is 11.4 Å². The van der Waals surface area contributed by atoms with Crippen molar-refractivity contribution >= 4 is 34.4 Å². The highest BCUT2D eigenvalue weighted by molar-refractivity contribution is 6.05. The lowest BCUT2D eigenvalue weighted by Gasteiger charge is -2.39. The molecule has 0 spiro atoms. The second-order valence-corrected chi connectivity index (χ2v) is 11.1. The van der Waals surface area contributed by atoms with Crippen LogP contribution < -0.4 is 10.6 Å². The molecular formula is C31H32FN5O2. The van der Waals surface area contributed by atoms with E-state index in [0.29, 0.717) is 51.3 Å². The van der Waals surface area contributed by atoms with Crippen molar-refractivity contribution in [1.82, 2.24) is 15.0 Å². The zero-order chi connectivity index (χ0) is 27.0. The number of amides is 2. The monoisotopic (exact) mass is 525 g/mol. The molecule has 39 heavy (non-hydrogen) atoms. The minimum Gasteiger partial charge on any atom is -0.338 e. The van der Waals surface area contributed by atoms with Crippen molar-refractivity contribution in [1.29, 1.82) is 0 Å². The fourth-order valence-electron chi connectivity index (χ4n) is 6.39. The Morgan fingerprint density at radius 1 is 1.03 bits per heavy atom. The van der Waals surface area contributed by atoms with Crippen LogP contribution in [0.25, 0.3) is 22.4 Å². The Bertz CT molecular complexity index is 1530. The highest BCUT2D eigenvalue weighted by Crippen LogP contribution is 2.50. The minimum atomic E-state index is -0.478. The number of imidazole rings is 1. The van der Waals surface area contributed by atoms with Gasteiger partial charge >= 0.3 is 0 Å². The van der Waals surface area contributed by atoms with E-state index in [1.807, 2.05) is 0 Å². The molecule has 2 aliphatic carbocycles. The van der Waals surface area contributed by atoms with E-state index in [0.717, 1.165) is 32.1 Å². The summed E-state index contributed by atoms with van der Waals surface area (Å²) in [4.78, 5) is 37.9. The van der Waals surface area contributed by atoms with E-state index in [1.54, 1.807) is 54.7 Å². The molecule has 2 fully saturated rings. The minimum absolute atomic E-state index is 0.0219. The number of hydrogen-bond acceptors (Lipinski definition) is 4. The maximum Gasteiger partial charge on any atom is 0.256 e. The largest absolute Gasteiger partial charge is 0.338 e. The van der Waals surface area contributed by atoms with Crippen LogP contribution in [0.15, 0.2) is 60.8 Å². The molecule has 2 aromatic heterocycles. The van der Waals surface area contributed by atoms with Gasteiger partial charge in [0.15, 0.2) is 0 Å². The number of anilines is 2. The molecule has 3 unspecified atom stereocenters. The van der Waals surface area contributed by atoms with Crippen LogP contribution in [0.4, 0.5) is 15.9 Å². The summed E-state index contributed by atoms with van der Waals surface area (Å²) < 4.78 is 15.3. The van der Waals surface area contributed by atoms with Gasteiger partial charge in [0, 0.05) is 22.9 Å². The Balaban J connectivity index is 1.19. The first-order valence-electron chi connectivity index (χ1n) is 13.7. The highest BCUT2D eigenvalue weighted by Gasteiger charge is 2.45. The molecule has 2 amide bonds. The van der Waals surface area contributed by atoms with Crippen molar-refractivity contribution in [3.05, 3.63) is 72.2 Å². The van der Waals surface area contributed by atoms with Crippen molar-refractivity contribution in [2.75, 3.05) is 10.6 Å². The Hall–Kier alpha value is -4.07. The number of halogens is 1. The molecule has 2 heterocycles. The molecule has 7 nitrogen and oxygen atoms in total. The first kappa shape index (κ1) is 25.2. The number of pyridine rings is 1. The fraction of sp³-hybridized carbons (Fsp3) is 0.355. The Morgan fingerprint density at radius 3 is 2.67 bits per heavy atom. The fourth-order valence-corrected chi connectivity index (χ4v) is 6.39. The lowest BCUT2D eigenvalue weighted by atomic mass is 9.66. The zero-order valence-corrected chi connectivity index (χ0v) is 22.0. The molecule has 3 N–H and O–H groups in total. The maximum atomic E-state index is 15.3. The molecule has 8 heteroatoms. The van der Waals surface area contributed by atoms with Crippen LogP contribution in [0.2, 0.25) is 0 Å². The van der Waals surface area contributed by atoms with Crippen molar-refractivity contribution < 1.29 is 14.0 Å². The standard InChI is InChI=1S/C31H32FN5O2/c1-19-6-4-13-31(14-5-7-21(19)18-31)30(39)34-22-10-11-23(24(32)17-22)28-35-25-12-9-20(16-26(25)36-28)29(38)37-27-8-2-3-15-33-27/h2-3,8-12,15-17,19,21H,4-7,13-14,18H2,1H3,(H,34,39)(H,35,36)(H,33,37,38). The third-order valence-corrected chi connectivity index (χ3v) is 8.62. The van der Waals surface area contributed by atoms with E-state index in [4.69, 9.17) is 0 Å². The summed E-state index contributed by atoms with van der Waals surface area (Å²) in [5.41, 5.74) is 2.06. The van der Waals surface area contributed by atoms with Gasteiger partial charge in [-0.15, -0.1) is 0 Å². The van der Waals surface area contributed by atoms with E-state index in [9.17, 15) is 9.59 Å². The molecule has 2 aromatic carbocycles. The third-order valence-electron chi connectivity index (χ3n) is 8.62. The summed E-state index contributed by atoms with van der Waals surface area (Å²) in [6, 6.07) is 15.1. The van der Waals surface area contributed by atoms with Gasteiger partial charge in [-0.05, 0) is 79.6 Å². The first-order chi connectivity index (χ1) is 18.9. The average Bonchev–Trinajstić information content (AvgIpc) is 3.32. The Morgan fingerprint density at radius 2 is 1.87 bits per heavy atom. The average molecular weight is 526 g/mol. The topological polar surface area (TPSA) is 99.8 Å². The molecule has 0 aliphatic heterocycles. The van der Waals surface area contributed by atoms with Gasteiger partial charge in [-0.25, -0.2) is 14.4 Å². The molecule has 0 saturated heterocycles. The molecule has 2 saturated carbocycles. The Kier molecular flexibility index (Phi) is 6.62. The number of carbonyl (C=O) groups excluding carboxylic acids is 2. The molecule has 3 atom stereocenters. The number of nitrogens with zero attached hydrogens (tertiary/aromatic N) is 2. The molecule has 0 radical (unpaired) electrons. The van der Waals surface area contributed by atoms with E-state index in [-0.39, 0.29) is 17.2 Å². The number of aromatic amines is 1. The molecule has 6 rings (SSSR count). The van der Waals surface area contributed by atoms with Crippen LogP contribution in [-0.4, -0.2) is 26.8 Å². The van der Waals surface area contributed by atoms with Gasteiger partial charge in [-0.1, -0.05) is 38.7 Å². The van der Waals surface area contributed by atoms with E-state index in [1.165, 1.54) is 18.9 Å². The van der Waals surface area contributed by atoms with E-state index >= 15 is 4.39 Å². The number of H-pyrrole nitrogens is 1. The quantitative estimate of drug-likeness (QED) is 0.262. The summed E-state index contributed by atoms with van der Waals surface area (Å²) in [5, 5.41) is 5.78. The van der Waals surface area contributed by atoms with Gasteiger partial charge in [-0.3, -0.25) is 9.59 Å². The number of aromatic nitrogens is 3. The molecule has 4 aromatic rings. The van der Waals surface area contributed by atoms with Crippen molar-refractivity contribution in [2.24, 2.45) is 17.3 Å². The van der Waals surface area contributed by atoms with Gasteiger partial charge in [0.05, 0.1) is 16.6 Å². The summed E-state index contributed by atoms with van der Waals surface area (Å²) in [6.07, 6.45) is 8.87. The number of hydrogen-bond donors (Lipinski definition) is 3. The van der Waals surface area contributed by atoms with Crippen LogP contribution in [0.1, 0.15) is 62.2 Å². The molecule has 2 aliphatic rings. The van der Waals surface area contributed by atoms with Crippen molar-refractivity contribution in [3.63, 3.8) is 0 Å². The zero-order valence-electron chi connectivity index (χ0n) is 22.0. The lowest BCUT2D eigenvalue weighted by Crippen LogP contribution is -2.40. The maximum absolute atomic E-state index is 15.3. The van der Waals surface area contributed by atoms with Crippen LogP contribution in [-0.2, 0) is 4.79 Å². The molecular weight excluding hydrogens is 493 g/mol. The number of benzene rings is 2. The van der Waals surface area contributed by atoms with Gasteiger partial charge in [0.2, 0.25) is 5.91 Å². The smallest absolute Gasteiger partial charge is 0.256 e. The number of carbonyl (C=O) groups is 2. The Labute approximate surface area is 226 Å². The van der Waals surface area contributed by atoms with Crippen LogP contribution in [0.3, 0.4) is 0 Å². The normalized spacial score (nSPS) is 22.7. The number of nitrogens with one attached hydrogen (secondary N) is 3.